The Morgan fingerprint density at radius 3 is 2.04 bits per heavy atom. The maximum Gasteiger partial charge on any atom is 0.315 e. The van der Waals surface area contributed by atoms with Gasteiger partial charge in [0.1, 0.15) is 12.1 Å². The molecule has 12 nitrogen and oxygen atoms in total. The van der Waals surface area contributed by atoms with Crippen LogP contribution in [0.25, 0.3) is 0 Å². The Balaban J connectivity index is 1.54. The number of piperidine rings is 1. The first-order valence-corrected chi connectivity index (χ1v) is 18.5. The van der Waals surface area contributed by atoms with Gasteiger partial charge in [-0.3, -0.25) is 19.2 Å². The maximum absolute atomic E-state index is 14.3. The van der Waals surface area contributed by atoms with E-state index in [1.807, 2.05) is 34.6 Å². The van der Waals surface area contributed by atoms with Crippen LogP contribution in [0.2, 0.25) is 0 Å². The number of hydrogen-bond acceptors (Lipinski definition) is 7. The summed E-state index contributed by atoms with van der Waals surface area (Å²) in [5.74, 6) is -3.21. The summed E-state index contributed by atoms with van der Waals surface area (Å²) in [5, 5.41) is 8.39. The van der Waals surface area contributed by atoms with Gasteiger partial charge in [-0.15, -0.1) is 0 Å². The Morgan fingerprint density at radius 1 is 0.938 bits per heavy atom. The number of nitrogens with two attached hydrogens (primary N) is 1. The number of rotatable bonds is 12. The van der Waals surface area contributed by atoms with E-state index < -0.39 is 74.4 Å². The van der Waals surface area contributed by atoms with Crippen LogP contribution < -0.4 is 21.7 Å². The number of fused-ring (bicyclic) bond motifs is 1. The van der Waals surface area contributed by atoms with Crippen molar-refractivity contribution in [2.45, 2.75) is 110 Å². The van der Waals surface area contributed by atoms with E-state index in [0.29, 0.717) is 13.0 Å². The molecule has 1 heterocycles. The lowest BCUT2D eigenvalue weighted by Gasteiger charge is -2.39. The number of likely N-dealkylation sites (tertiary alicyclic amines) is 1. The lowest BCUT2D eigenvalue weighted by molar-refractivity contribution is -0.145. The largest absolute Gasteiger partial charge is 0.363 e. The third-order valence-electron chi connectivity index (χ3n) is 10.7. The fraction of sp³-hybridized carbons (Fsp3) is 0.686. The van der Waals surface area contributed by atoms with Crippen molar-refractivity contribution in [3.05, 3.63) is 30.3 Å². The highest BCUT2D eigenvalue weighted by Gasteiger charge is 2.70. The molecular formula is C35H53N5O7S. The fourth-order valence-corrected chi connectivity index (χ4v) is 8.92. The number of primary amides is 1. The SMILES string of the molecule is CC1(C)C2CN(C(=O)[C@@H](NC(=O)N[C@H](CS(=O)(=O)c3ccccc3)C(C)(C)C)C(C)(C)C)[C@H](C(=O)NC(CC3CCC3)C(=O)C(N)=O)C21. The lowest BCUT2D eigenvalue weighted by atomic mass is 9.80. The van der Waals surface area contributed by atoms with Crippen LogP contribution in [0.5, 0.6) is 0 Å². The minimum absolute atomic E-state index is 0.0389. The van der Waals surface area contributed by atoms with Crippen LogP contribution in [-0.2, 0) is 29.0 Å². The zero-order valence-corrected chi connectivity index (χ0v) is 30.3. The monoisotopic (exact) mass is 687 g/mol. The number of nitrogens with zero attached hydrogens (tertiary/aromatic N) is 1. The van der Waals surface area contributed by atoms with E-state index in [1.54, 1.807) is 39.0 Å². The van der Waals surface area contributed by atoms with Gasteiger partial charge in [0.2, 0.25) is 17.6 Å². The average molecular weight is 688 g/mol. The van der Waals surface area contributed by atoms with Crippen molar-refractivity contribution in [2.24, 2.45) is 39.7 Å². The van der Waals surface area contributed by atoms with E-state index in [4.69, 9.17) is 5.73 Å². The van der Waals surface area contributed by atoms with Gasteiger partial charge in [0.25, 0.3) is 5.91 Å². The van der Waals surface area contributed by atoms with Gasteiger partial charge in [0, 0.05) is 12.6 Å². The number of nitrogens with one attached hydrogen (secondary N) is 3. The standard InChI is InChI=1S/C35H53N5O7S/c1-33(2,3)24(19-48(46,47)21-15-10-9-11-16-21)38-32(45)39-28(34(4,5)6)31(44)40-18-22-25(35(22,7)8)26(40)30(43)37-23(27(41)29(36)42)17-20-13-12-14-20/h9-11,15-16,20,22-26,28H,12-14,17-19H2,1-8H3,(H2,36,42)(H,37,43)(H2,38,39,45)/t22?,23?,24-,25?,26+,28-/m1/s1. The van der Waals surface area contributed by atoms with E-state index in [-0.39, 0.29) is 33.8 Å². The molecule has 5 amide bonds. The van der Waals surface area contributed by atoms with E-state index >= 15 is 0 Å². The molecule has 4 rings (SSSR count). The van der Waals surface area contributed by atoms with Gasteiger partial charge in [0.05, 0.1) is 16.7 Å². The van der Waals surface area contributed by atoms with E-state index in [2.05, 4.69) is 16.0 Å². The number of sulfone groups is 1. The van der Waals surface area contributed by atoms with Crippen molar-refractivity contribution in [1.82, 2.24) is 20.9 Å². The third kappa shape index (κ3) is 8.03. The summed E-state index contributed by atoms with van der Waals surface area (Å²) in [5.41, 5.74) is 3.67. The topological polar surface area (TPSA) is 185 Å². The Kier molecular flexibility index (Phi) is 10.5. The Hall–Kier alpha value is -3.48. The molecule has 266 valence electrons. The predicted octanol–water partition coefficient (Wildman–Crippen LogP) is 2.80. The molecule has 6 atom stereocenters. The maximum atomic E-state index is 14.3. The summed E-state index contributed by atoms with van der Waals surface area (Å²) in [6.07, 6.45) is 3.14. The van der Waals surface area contributed by atoms with Gasteiger partial charge in [-0.25, -0.2) is 13.2 Å². The summed E-state index contributed by atoms with van der Waals surface area (Å²) in [6, 6.07) is 3.48. The lowest BCUT2D eigenvalue weighted by Crippen LogP contribution is -2.62. The molecule has 2 saturated carbocycles. The molecule has 13 heteroatoms. The quantitative estimate of drug-likeness (QED) is 0.244. The molecule has 48 heavy (non-hydrogen) atoms. The van der Waals surface area contributed by atoms with Gasteiger partial charge < -0.3 is 26.6 Å². The second kappa shape index (κ2) is 13.4. The van der Waals surface area contributed by atoms with E-state index in [9.17, 15) is 32.4 Å². The molecule has 3 unspecified atom stereocenters. The molecule has 3 fully saturated rings. The van der Waals surface area contributed by atoms with Crippen LogP contribution in [0.4, 0.5) is 4.79 Å². The highest BCUT2D eigenvalue weighted by molar-refractivity contribution is 7.91. The molecule has 5 N–H and O–H groups in total. The highest BCUT2D eigenvalue weighted by atomic mass is 32.2. The summed E-state index contributed by atoms with van der Waals surface area (Å²) < 4.78 is 26.5. The normalized spacial score (nSPS) is 23.9. The van der Waals surface area contributed by atoms with Crippen molar-refractivity contribution in [2.75, 3.05) is 12.3 Å². The summed E-state index contributed by atoms with van der Waals surface area (Å²) in [7, 11) is -3.75. The number of carbonyl (C=O) groups excluding carboxylic acids is 5. The first-order chi connectivity index (χ1) is 22.1. The minimum Gasteiger partial charge on any atom is -0.363 e. The van der Waals surface area contributed by atoms with Crippen LogP contribution in [-0.4, -0.2) is 79.3 Å². The van der Waals surface area contributed by atoms with Crippen molar-refractivity contribution in [3.8, 4) is 0 Å². The smallest absolute Gasteiger partial charge is 0.315 e. The number of ketones is 1. The number of benzene rings is 1. The van der Waals surface area contributed by atoms with Crippen molar-refractivity contribution >= 4 is 39.4 Å². The van der Waals surface area contributed by atoms with Crippen LogP contribution in [0.1, 0.15) is 81.1 Å². The zero-order chi connectivity index (χ0) is 36.0. The van der Waals surface area contributed by atoms with Crippen LogP contribution in [0.15, 0.2) is 35.2 Å². The third-order valence-corrected chi connectivity index (χ3v) is 12.4. The van der Waals surface area contributed by atoms with Gasteiger partial charge in [-0.1, -0.05) is 92.9 Å². The minimum atomic E-state index is -3.75. The van der Waals surface area contributed by atoms with Crippen LogP contribution in [0, 0.1) is 34.0 Å². The van der Waals surface area contributed by atoms with Gasteiger partial charge in [-0.05, 0) is 52.6 Å². The number of Topliss-reactive ketones (excluding diaryl/α,β-unsaturated/α-hetero) is 1. The Morgan fingerprint density at radius 2 is 1.54 bits per heavy atom. The van der Waals surface area contributed by atoms with Gasteiger partial charge >= 0.3 is 6.03 Å². The predicted molar refractivity (Wildman–Crippen MR) is 181 cm³/mol. The molecule has 3 aliphatic rings. The molecule has 1 saturated heterocycles. The van der Waals surface area contributed by atoms with E-state index in [0.717, 1.165) is 19.3 Å². The highest BCUT2D eigenvalue weighted by Crippen LogP contribution is 2.65. The van der Waals surface area contributed by atoms with Crippen molar-refractivity contribution < 1.29 is 32.4 Å². The Bertz CT molecular complexity index is 1530. The average Bonchev–Trinajstić information content (AvgIpc) is 3.26. The molecule has 0 aromatic heterocycles. The Labute approximate surface area is 284 Å². The number of carbonyl (C=O) groups is 5. The first kappa shape index (κ1) is 37.3. The molecule has 0 spiro atoms. The molecule has 2 aliphatic carbocycles. The summed E-state index contributed by atoms with van der Waals surface area (Å²) >= 11 is 0. The van der Waals surface area contributed by atoms with Crippen molar-refractivity contribution in [3.63, 3.8) is 0 Å². The number of amides is 5. The number of hydrogen-bond donors (Lipinski definition) is 4. The molecule has 1 aromatic rings. The van der Waals surface area contributed by atoms with Gasteiger partial charge in [-0.2, -0.15) is 0 Å². The fourth-order valence-electron chi connectivity index (χ4n) is 7.13. The second-order valence-electron chi connectivity index (χ2n) is 16.6. The molecule has 1 aliphatic heterocycles. The number of urea groups is 1. The molecular weight excluding hydrogens is 634 g/mol. The summed E-state index contributed by atoms with van der Waals surface area (Å²) in [6.45, 7) is 15.2. The molecule has 1 aromatic carbocycles. The molecule has 0 bridgehead atoms. The molecule has 0 radical (unpaired) electrons. The van der Waals surface area contributed by atoms with Crippen molar-refractivity contribution in [1.29, 1.82) is 0 Å². The van der Waals surface area contributed by atoms with E-state index in [1.165, 1.54) is 17.0 Å². The van der Waals surface area contributed by atoms with Gasteiger partial charge in [0.15, 0.2) is 9.84 Å². The zero-order valence-electron chi connectivity index (χ0n) is 29.5. The first-order valence-electron chi connectivity index (χ1n) is 16.8. The van der Waals surface area contributed by atoms with Crippen LogP contribution in [0.3, 0.4) is 0 Å². The second-order valence-corrected chi connectivity index (χ2v) is 18.7. The van der Waals surface area contributed by atoms with Crippen LogP contribution >= 0.6 is 0 Å². The summed E-state index contributed by atoms with van der Waals surface area (Å²) in [4.78, 5) is 68.1.